The summed E-state index contributed by atoms with van der Waals surface area (Å²) < 4.78 is 16.4. The van der Waals surface area contributed by atoms with Crippen molar-refractivity contribution in [1.82, 2.24) is 0 Å². The highest BCUT2D eigenvalue weighted by Gasteiger charge is 2.22. The minimum absolute atomic E-state index is 0.311. The van der Waals surface area contributed by atoms with Crippen LogP contribution < -0.4 is 4.74 Å². The molecule has 0 aromatic heterocycles. The maximum absolute atomic E-state index is 10.9. The molecule has 0 heterocycles. The third kappa shape index (κ3) is 5.32. The molecule has 1 unspecified atom stereocenters. The quantitative estimate of drug-likeness (QED) is 0.361. The van der Waals surface area contributed by atoms with Crippen LogP contribution in [0.15, 0.2) is 29.4 Å². The van der Waals surface area contributed by atoms with E-state index in [4.69, 9.17) is 20.1 Å². The van der Waals surface area contributed by atoms with Crippen LogP contribution in [-0.4, -0.2) is 15.5 Å². The van der Waals surface area contributed by atoms with Crippen molar-refractivity contribution in [3.05, 3.63) is 40.3 Å². The van der Waals surface area contributed by atoms with Crippen LogP contribution in [-0.2, 0) is 10.7 Å². The lowest BCUT2D eigenvalue weighted by Gasteiger charge is -2.24. The molecule has 0 radical (unpaired) electrons. The van der Waals surface area contributed by atoms with Gasteiger partial charge >= 0.3 is 7.60 Å². The third-order valence-electron chi connectivity index (χ3n) is 2.56. The molecule has 1 aromatic carbocycles. The largest absolute Gasteiger partial charge is 0.481 e. The first kappa shape index (κ1) is 15.5. The second-order valence-corrected chi connectivity index (χ2v) is 5.93. The van der Waals surface area contributed by atoms with E-state index < -0.39 is 13.3 Å². The first-order chi connectivity index (χ1) is 8.78. The van der Waals surface area contributed by atoms with Crippen LogP contribution in [0.2, 0.25) is 0 Å². The van der Waals surface area contributed by atoms with Crippen LogP contribution in [0.5, 0.6) is 5.75 Å². The summed E-state index contributed by atoms with van der Waals surface area (Å²) in [6.45, 7) is 3.49. The number of hydrogen-bond acceptors (Lipinski definition) is 3. The minimum Gasteiger partial charge on any atom is -0.481 e. The van der Waals surface area contributed by atoms with E-state index in [1.807, 2.05) is 6.92 Å². The summed E-state index contributed by atoms with van der Waals surface area (Å²) in [4.78, 5) is 20.5. The standard InChI is InChI=1S/C11H16N3O4P/c1-3-11(2,13-14-12)18-10-6-4-9(5-7-10)8-19(15,16)17/h4-7H,3,8H2,1-2H3,(H2,15,16,17). The van der Waals surface area contributed by atoms with Crippen molar-refractivity contribution in [1.29, 1.82) is 0 Å². The van der Waals surface area contributed by atoms with Crippen molar-refractivity contribution in [3.8, 4) is 5.75 Å². The van der Waals surface area contributed by atoms with Gasteiger partial charge in [-0.05, 0) is 41.7 Å². The highest BCUT2D eigenvalue weighted by atomic mass is 31.2. The average Bonchev–Trinajstić information content (AvgIpc) is 2.30. The maximum Gasteiger partial charge on any atom is 0.329 e. The van der Waals surface area contributed by atoms with Gasteiger partial charge in [-0.15, -0.1) is 0 Å². The van der Waals surface area contributed by atoms with Crippen molar-refractivity contribution >= 4 is 7.60 Å². The second kappa shape index (κ2) is 6.08. The lowest BCUT2D eigenvalue weighted by Crippen LogP contribution is -2.28. The molecule has 0 amide bonds. The van der Waals surface area contributed by atoms with Gasteiger partial charge in [0.1, 0.15) is 5.75 Å². The molecule has 2 N–H and O–H groups in total. The highest BCUT2D eigenvalue weighted by molar-refractivity contribution is 7.50. The summed E-state index contributed by atoms with van der Waals surface area (Å²) in [5.41, 5.74) is 8.02. The Labute approximate surface area is 111 Å². The normalized spacial score (nSPS) is 14.3. The van der Waals surface area contributed by atoms with Crippen LogP contribution in [0.3, 0.4) is 0 Å². The fourth-order valence-corrected chi connectivity index (χ4v) is 2.10. The van der Waals surface area contributed by atoms with E-state index in [9.17, 15) is 4.57 Å². The van der Waals surface area contributed by atoms with E-state index >= 15 is 0 Å². The van der Waals surface area contributed by atoms with E-state index in [2.05, 4.69) is 10.0 Å². The van der Waals surface area contributed by atoms with Gasteiger partial charge in [0.15, 0.2) is 5.72 Å². The van der Waals surface area contributed by atoms with Gasteiger partial charge in [0.2, 0.25) is 0 Å². The van der Waals surface area contributed by atoms with Crippen LogP contribution in [0.1, 0.15) is 25.8 Å². The van der Waals surface area contributed by atoms with E-state index in [0.717, 1.165) is 0 Å². The molecule has 19 heavy (non-hydrogen) atoms. The van der Waals surface area contributed by atoms with Crippen LogP contribution >= 0.6 is 7.60 Å². The first-order valence-electron chi connectivity index (χ1n) is 5.67. The molecule has 0 spiro atoms. The van der Waals surface area contributed by atoms with Crippen molar-refractivity contribution < 1.29 is 19.1 Å². The number of rotatable bonds is 6. The van der Waals surface area contributed by atoms with Crippen molar-refractivity contribution in [3.63, 3.8) is 0 Å². The molecule has 8 heteroatoms. The maximum atomic E-state index is 10.9. The van der Waals surface area contributed by atoms with Gasteiger partial charge in [-0.2, -0.15) is 0 Å². The molecule has 1 atom stereocenters. The summed E-state index contributed by atoms with van der Waals surface area (Å²) in [7, 11) is -4.07. The lowest BCUT2D eigenvalue weighted by molar-refractivity contribution is 0.0921. The van der Waals surface area contributed by atoms with Gasteiger partial charge in [-0.25, -0.2) is 0 Å². The van der Waals surface area contributed by atoms with E-state index in [1.54, 1.807) is 31.2 Å². The van der Waals surface area contributed by atoms with Gasteiger partial charge < -0.3 is 14.5 Å². The summed E-state index contributed by atoms with van der Waals surface area (Å²) in [6.07, 6.45) is 0.190. The topological polar surface area (TPSA) is 116 Å². The number of nitrogens with zero attached hydrogens (tertiary/aromatic N) is 3. The van der Waals surface area contributed by atoms with Gasteiger partial charge in [0.05, 0.1) is 6.16 Å². The Morgan fingerprint density at radius 3 is 2.42 bits per heavy atom. The van der Waals surface area contributed by atoms with Gasteiger partial charge in [-0.3, -0.25) is 4.57 Å². The van der Waals surface area contributed by atoms with Crippen LogP contribution in [0.4, 0.5) is 0 Å². The Balaban J connectivity index is 2.82. The molecule has 1 rings (SSSR count). The molecule has 0 aliphatic rings. The van der Waals surface area contributed by atoms with E-state index in [-0.39, 0.29) is 6.16 Å². The third-order valence-corrected chi connectivity index (χ3v) is 3.34. The number of ether oxygens (including phenoxy) is 1. The Hall–Kier alpha value is -1.52. The zero-order valence-electron chi connectivity index (χ0n) is 10.7. The number of hydrogen-bond donors (Lipinski definition) is 2. The molecule has 0 aliphatic heterocycles. The molecule has 7 nitrogen and oxygen atoms in total. The van der Waals surface area contributed by atoms with Crippen LogP contribution in [0.25, 0.3) is 10.4 Å². The van der Waals surface area contributed by atoms with Gasteiger partial charge in [0, 0.05) is 4.91 Å². The van der Waals surface area contributed by atoms with E-state index in [0.29, 0.717) is 17.7 Å². The summed E-state index contributed by atoms with van der Waals surface area (Å²) in [5, 5.41) is 3.59. The monoisotopic (exact) mass is 285 g/mol. The molecule has 1 aromatic rings. The summed E-state index contributed by atoms with van der Waals surface area (Å²) in [6, 6.07) is 6.32. The fraction of sp³-hybridized carbons (Fsp3) is 0.455. The second-order valence-electron chi connectivity index (χ2n) is 4.29. The molecular formula is C11H16N3O4P. The Morgan fingerprint density at radius 2 is 2.00 bits per heavy atom. The molecule has 0 aliphatic carbocycles. The molecule has 104 valence electrons. The van der Waals surface area contributed by atoms with Crippen molar-refractivity contribution in [2.45, 2.75) is 32.2 Å². The van der Waals surface area contributed by atoms with Gasteiger partial charge in [-0.1, -0.05) is 19.1 Å². The zero-order chi connectivity index (χ0) is 14.5. The Bertz CT molecular complexity index is 521. The molecule has 0 saturated heterocycles. The predicted molar refractivity (Wildman–Crippen MR) is 70.7 cm³/mol. The Morgan fingerprint density at radius 1 is 1.42 bits per heavy atom. The minimum atomic E-state index is -4.07. The van der Waals surface area contributed by atoms with Crippen molar-refractivity contribution in [2.24, 2.45) is 5.11 Å². The number of azide groups is 1. The highest BCUT2D eigenvalue weighted by Crippen LogP contribution is 2.39. The fourth-order valence-electron chi connectivity index (χ4n) is 1.41. The average molecular weight is 285 g/mol. The van der Waals surface area contributed by atoms with Crippen molar-refractivity contribution in [2.75, 3.05) is 0 Å². The van der Waals surface area contributed by atoms with Gasteiger partial charge in [0.25, 0.3) is 0 Å². The van der Waals surface area contributed by atoms with E-state index in [1.165, 1.54) is 0 Å². The first-order valence-corrected chi connectivity index (χ1v) is 7.46. The Kier molecular flexibility index (Phi) is 4.97. The molecule has 0 saturated carbocycles. The zero-order valence-corrected chi connectivity index (χ0v) is 11.6. The predicted octanol–water partition coefficient (Wildman–Crippen LogP) is 3.18. The smallest absolute Gasteiger partial charge is 0.329 e. The molecule has 0 bridgehead atoms. The summed E-state index contributed by atoms with van der Waals surface area (Å²) >= 11 is 0. The summed E-state index contributed by atoms with van der Waals surface area (Å²) in [5.74, 6) is 0.478. The SMILES string of the molecule is CCC(C)(N=[N+]=[N-])Oc1ccc(CP(=O)(O)O)cc1. The number of benzene rings is 1. The lowest BCUT2D eigenvalue weighted by atomic mass is 10.2. The molecule has 0 fully saturated rings. The molecular weight excluding hydrogens is 269 g/mol. The van der Waals surface area contributed by atoms with Crippen LogP contribution in [0, 0.1) is 0 Å².